The Morgan fingerprint density at radius 2 is 2.24 bits per heavy atom. The molecule has 2 bridgehead atoms. The molecule has 2 aliphatic carbocycles. The van der Waals surface area contributed by atoms with Crippen LogP contribution in [0.1, 0.15) is 32.6 Å². The van der Waals surface area contributed by atoms with Gasteiger partial charge in [0.1, 0.15) is 6.61 Å². The number of ether oxygens (including phenoxy) is 2. The van der Waals surface area contributed by atoms with Crippen LogP contribution >= 0.6 is 0 Å². The molecule has 0 saturated heterocycles. The normalized spacial score (nSPS) is 30.8. The monoisotopic (exact) mass is 241 g/mol. The van der Waals surface area contributed by atoms with Gasteiger partial charge in [0.25, 0.3) is 0 Å². The second-order valence-corrected chi connectivity index (χ2v) is 5.09. The zero-order chi connectivity index (χ0) is 12.1. The van der Waals surface area contributed by atoms with Crippen molar-refractivity contribution in [2.24, 2.45) is 11.8 Å². The van der Waals surface area contributed by atoms with Crippen molar-refractivity contribution in [1.82, 2.24) is 5.32 Å². The van der Waals surface area contributed by atoms with E-state index in [-0.39, 0.29) is 12.6 Å². The fourth-order valence-electron chi connectivity index (χ4n) is 3.17. The van der Waals surface area contributed by atoms with Crippen LogP contribution in [0.4, 0.5) is 0 Å². The van der Waals surface area contributed by atoms with Crippen LogP contribution in [0, 0.1) is 11.8 Å². The molecule has 4 nitrogen and oxygen atoms in total. The summed E-state index contributed by atoms with van der Waals surface area (Å²) in [6.45, 7) is 3.73. The Morgan fingerprint density at radius 1 is 1.35 bits per heavy atom. The minimum atomic E-state index is -0.271. The lowest BCUT2D eigenvalue weighted by Crippen LogP contribution is -2.36. The van der Waals surface area contributed by atoms with Gasteiger partial charge in [-0.15, -0.1) is 0 Å². The Bertz CT molecular complexity index is 257. The molecule has 98 valence electrons. The van der Waals surface area contributed by atoms with E-state index in [9.17, 15) is 4.79 Å². The molecule has 17 heavy (non-hydrogen) atoms. The zero-order valence-electron chi connectivity index (χ0n) is 10.6. The van der Waals surface area contributed by atoms with E-state index in [0.29, 0.717) is 19.3 Å². The smallest absolute Gasteiger partial charge is 0.332 e. The number of hydrogen-bond donors (Lipinski definition) is 1. The van der Waals surface area contributed by atoms with E-state index in [0.717, 1.165) is 18.4 Å². The SMILES string of the molecule is CCOC(=O)COCCNC1CC2CCC1C2. The highest BCUT2D eigenvalue weighted by Crippen LogP contribution is 2.44. The summed E-state index contributed by atoms with van der Waals surface area (Å²) in [6.07, 6.45) is 5.58. The molecule has 0 radical (unpaired) electrons. The van der Waals surface area contributed by atoms with Crippen molar-refractivity contribution in [2.75, 3.05) is 26.4 Å². The van der Waals surface area contributed by atoms with Gasteiger partial charge in [0.2, 0.25) is 0 Å². The third-order valence-corrected chi connectivity index (χ3v) is 3.92. The topological polar surface area (TPSA) is 47.6 Å². The minimum Gasteiger partial charge on any atom is -0.464 e. The van der Waals surface area contributed by atoms with E-state index in [2.05, 4.69) is 5.32 Å². The first kappa shape index (κ1) is 12.8. The van der Waals surface area contributed by atoms with Crippen molar-refractivity contribution in [3.63, 3.8) is 0 Å². The summed E-state index contributed by atoms with van der Waals surface area (Å²) in [5.74, 6) is 1.59. The van der Waals surface area contributed by atoms with E-state index < -0.39 is 0 Å². The van der Waals surface area contributed by atoms with E-state index in [1.54, 1.807) is 6.92 Å². The predicted octanol–water partition coefficient (Wildman–Crippen LogP) is 1.34. The molecule has 2 aliphatic rings. The van der Waals surface area contributed by atoms with Crippen LogP contribution in [0.3, 0.4) is 0 Å². The van der Waals surface area contributed by atoms with Gasteiger partial charge in [-0.1, -0.05) is 6.42 Å². The number of carbonyl (C=O) groups excluding carboxylic acids is 1. The zero-order valence-corrected chi connectivity index (χ0v) is 10.6. The fourth-order valence-corrected chi connectivity index (χ4v) is 3.17. The maximum Gasteiger partial charge on any atom is 0.332 e. The summed E-state index contributed by atoms with van der Waals surface area (Å²) >= 11 is 0. The molecule has 0 aliphatic heterocycles. The van der Waals surface area contributed by atoms with Gasteiger partial charge >= 0.3 is 5.97 Å². The van der Waals surface area contributed by atoms with Crippen LogP contribution in [-0.4, -0.2) is 38.4 Å². The Morgan fingerprint density at radius 3 is 2.88 bits per heavy atom. The van der Waals surface area contributed by atoms with Gasteiger partial charge in [-0.2, -0.15) is 0 Å². The highest BCUT2D eigenvalue weighted by atomic mass is 16.6. The third kappa shape index (κ3) is 3.68. The van der Waals surface area contributed by atoms with Gasteiger partial charge in [0.05, 0.1) is 13.2 Å². The minimum absolute atomic E-state index is 0.0756. The number of rotatable bonds is 7. The van der Waals surface area contributed by atoms with E-state index in [1.807, 2.05) is 0 Å². The number of hydrogen-bond acceptors (Lipinski definition) is 4. The average molecular weight is 241 g/mol. The second kappa shape index (κ2) is 6.36. The van der Waals surface area contributed by atoms with Crippen LogP contribution in [0.15, 0.2) is 0 Å². The van der Waals surface area contributed by atoms with Crippen LogP contribution in [0.25, 0.3) is 0 Å². The summed E-state index contributed by atoms with van der Waals surface area (Å²) in [7, 11) is 0. The first-order valence-electron chi connectivity index (χ1n) is 6.76. The molecular weight excluding hydrogens is 218 g/mol. The van der Waals surface area contributed by atoms with Gasteiger partial charge in [-0.3, -0.25) is 0 Å². The molecule has 0 heterocycles. The van der Waals surface area contributed by atoms with Gasteiger partial charge < -0.3 is 14.8 Å². The van der Waals surface area contributed by atoms with Crippen molar-refractivity contribution in [3.8, 4) is 0 Å². The molecule has 2 rings (SSSR count). The first-order valence-corrected chi connectivity index (χ1v) is 6.76. The molecular formula is C13H23NO3. The quantitative estimate of drug-likeness (QED) is 0.540. The van der Waals surface area contributed by atoms with E-state index >= 15 is 0 Å². The lowest BCUT2D eigenvalue weighted by molar-refractivity contribution is -0.148. The van der Waals surface area contributed by atoms with Gasteiger partial charge in [0.15, 0.2) is 0 Å². The summed E-state index contributed by atoms with van der Waals surface area (Å²) in [4.78, 5) is 11.0. The maximum absolute atomic E-state index is 11.0. The van der Waals surface area contributed by atoms with Crippen molar-refractivity contribution < 1.29 is 14.3 Å². The predicted molar refractivity (Wildman–Crippen MR) is 64.7 cm³/mol. The molecule has 3 unspecified atom stereocenters. The van der Waals surface area contributed by atoms with E-state index in [4.69, 9.17) is 9.47 Å². The molecule has 4 heteroatoms. The number of nitrogens with one attached hydrogen (secondary N) is 1. The molecule has 0 aromatic carbocycles. The lowest BCUT2D eigenvalue weighted by Gasteiger charge is -2.22. The molecule has 0 aromatic rings. The Balaban J connectivity index is 1.48. The second-order valence-electron chi connectivity index (χ2n) is 5.09. The highest BCUT2D eigenvalue weighted by Gasteiger charge is 2.38. The van der Waals surface area contributed by atoms with Crippen molar-refractivity contribution in [3.05, 3.63) is 0 Å². The number of carbonyl (C=O) groups is 1. The van der Waals surface area contributed by atoms with Crippen LogP contribution in [0.2, 0.25) is 0 Å². The number of fused-ring (bicyclic) bond motifs is 2. The standard InChI is InChI=1S/C13H23NO3/c1-2-17-13(15)9-16-6-5-14-12-8-10-3-4-11(12)7-10/h10-12,14H,2-9H2,1H3. The first-order chi connectivity index (χ1) is 8.29. The molecule has 2 fully saturated rings. The third-order valence-electron chi connectivity index (χ3n) is 3.92. The molecule has 2 saturated carbocycles. The van der Waals surface area contributed by atoms with Crippen molar-refractivity contribution in [2.45, 2.75) is 38.6 Å². The maximum atomic E-state index is 11.0. The van der Waals surface area contributed by atoms with Gasteiger partial charge in [-0.25, -0.2) is 4.79 Å². The summed E-state index contributed by atoms with van der Waals surface area (Å²) < 4.78 is 10.0. The van der Waals surface area contributed by atoms with Crippen LogP contribution in [-0.2, 0) is 14.3 Å². The number of esters is 1. The van der Waals surface area contributed by atoms with Gasteiger partial charge in [-0.05, 0) is 38.0 Å². The Labute approximate surface area is 103 Å². The van der Waals surface area contributed by atoms with Crippen LogP contribution in [0.5, 0.6) is 0 Å². The molecule has 3 atom stereocenters. The van der Waals surface area contributed by atoms with Crippen molar-refractivity contribution >= 4 is 5.97 Å². The Hall–Kier alpha value is -0.610. The fraction of sp³-hybridized carbons (Fsp3) is 0.923. The summed E-state index contributed by atoms with van der Waals surface area (Å²) in [5.41, 5.74) is 0. The Kier molecular flexibility index (Phi) is 4.80. The molecule has 0 spiro atoms. The lowest BCUT2D eigenvalue weighted by atomic mass is 9.95. The molecule has 0 amide bonds. The van der Waals surface area contributed by atoms with E-state index in [1.165, 1.54) is 25.7 Å². The average Bonchev–Trinajstić information content (AvgIpc) is 2.91. The van der Waals surface area contributed by atoms with Gasteiger partial charge in [0, 0.05) is 12.6 Å². The summed E-state index contributed by atoms with van der Waals surface area (Å²) in [6, 6.07) is 0.694. The molecule has 0 aromatic heterocycles. The largest absolute Gasteiger partial charge is 0.464 e. The van der Waals surface area contributed by atoms with Crippen LogP contribution < -0.4 is 5.32 Å². The van der Waals surface area contributed by atoms with Crippen molar-refractivity contribution in [1.29, 1.82) is 0 Å². The highest BCUT2D eigenvalue weighted by molar-refractivity contribution is 5.70. The molecule has 1 N–H and O–H groups in total. The summed E-state index contributed by atoms with van der Waals surface area (Å²) in [5, 5.41) is 3.54.